The summed E-state index contributed by atoms with van der Waals surface area (Å²) in [7, 11) is 0. The molecule has 1 N–H and O–H groups in total. The van der Waals surface area contributed by atoms with Crippen molar-refractivity contribution in [3.8, 4) is 5.75 Å². The van der Waals surface area contributed by atoms with Gasteiger partial charge in [-0.15, -0.1) is 0 Å². The van der Waals surface area contributed by atoms with Gasteiger partial charge in [-0.25, -0.2) is 5.43 Å². The van der Waals surface area contributed by atoms with Crippen LogP contribution in [0.4, 0.5) is 5.69 Å². The lowest BCUT2D eigenvalue weighted by molar-refractivity contribution is -0.127. The summed E-state index contributed by atoms with van der Waals surface area (Å²) in [5, 5.41) is 4.01. The van der Waals surface area contributed by atoms with Crippen LogP contribution in [0.2, 0.25) is 0 Å². The van der Waals surface area contributed by atoms with Gasteiger partial charge < -0.3 is 9.64 Å². The molecule has 2 aromatic carbocycles. The van der Waals surface area contributed by atoms with E-state index in [0.29, 0.717) is 5.75 Å². The summed E-state index contributed by atoms with van der Waals surface area (Å²) in [5.41, 5.74) is 4.60. The zero-order valence-corrected chi connectivity index (χ0v) is 16.9. The number of hydrogen-bond acceptors (Lipinski definition) is 4. The zero-order valence-electron chi connectivity index (χ0n) is 15.3. The third-order valence-corrected chi connectivity index (χ3v) is 4.43. The maximum atomic E-state index is 12.1. The first kappa shape index (κ1) is 20.0. The van der Waals surface area contributed by atoms with Crippen LogP contribution in [0.5, 0.6) is 5.75 Å². The number of hydrogen-bond donors (Lipinski definition) is 1. The van der Waals surface area contributed by atoms with Gasteiger partial charge in [0.05, 0.1) is 6.21 Å². The van der Waals surface area contributed by atoms with E-state index in [4.69, 9.17) is 4.74 Å². The number of nitrogens with one attached hydrogen (secondary N) is 1. The van der Waals surface area contributed by atoms with E-state index < -0.39 is 6.10 Å². The van der Waals surface area contributed by atoms with Gasteiger partial charge >= 0.3 is 0 Å². The Morgan fingerprint density at radius 3 is 2.35 bits per heavy atom. The molecule has 0 aliphatic heterocycles. The van der Waals surface area contributed by atoms with Crippen LogP contribution in [0.3, 0.4) is 0 Å². The highest BCUT2D eigenvalue weighted by atomic mass is 79.9. The molecule has 5 nitrogen and oxygen atoms in total. The molecule has 0 saturated carbocycles. The molecule has 0 radical (unpaired) electrons. The highest BCUT2D eigenvalue weighted by Crippen LogP contribution is 2.17. The summed E-state index contributed by atoms with van der Waals surface area (Å²) in [6, 6.07) is 15.4. The number of anilines is 1. The lowest BCUT2D eigenvalue weighted by Crippen LogP contribution is -2.33. The van der Waals surface area contributed by atoms with E-state index in [1.807, 2.05) is 24.3 Å². The first-order chi connectivity index (χ1) is 12.5. The molecule has 1 amide bonds. The number of hydrazone groups is 1. The molecule has 2 rings (SSSR count). The van der Waals surface area contributed by atoms with Gasteiger partial charge in [0, 0.05) is 23.2 Å². The summed E-state index contributed by atoms with van der Waals surface area (Å²) in [6.07, 6.45) is 0.981. The first-order valence-electron chi connectivity index (χ1n) is 8.63. The van der Waals surface area contributed by atoms with Gasteiger partial charge in [0.1, 0.15) is 5.75 Å². The zero-order chi connectivity index (χ0) is 18.9. The predicted octanol–water partition coefficient (Wildman–Crippen LogP) is 4.21. The molecule has 0 saturated heterocycles. The lowest BCUT2D eigenvalue weighted by atomic mass is 10.2. The van der Waals surface area contributed by atoms with Crippen LogP contribution in [0.25, 0.3) is 0 Å². The summed E-state index contributed by atoms with van der Waals surface area (Å²) in [4.78, 5) is 14.3. The quantitative estimate of drug-likeness (QED) is 0.516. The normalized spacial score (nSPS) is 12.0. The van der Waals surface area contributed by atoms with Gasteiger partial charge in [0.25, 0.3) is 5.91 Å². The van der Waals surface area contributed by atoms with E-state index in [0.717, 1.165) is 23.1 Å². The lowest BCUT2D eigenvalue weighted by Gasteiger charge is -2.20. The Hall–Kier alpha value is -2.34. The van der Waals surface area contributed by atoms with Crippen molar-refractivity contribution in [1.29, 1.82) is 0 Å². The molecule has 26 heavy (non-hydrogen) atoms. The third kappa shape index (κ3) is 5.88. The van der Waals surface area contributed by atoms with E-state index in [1.165, 1.54) is 5.69 Å². The van der Waals surface area contributed by atoms with Gasteiger partial charge in [-0.1, -0.05) is 28.1 Å². The van der Waals surface area contributed by atoms with E-state index >= 15 is 0 Å². The molecular weight excluding hydrogens is 394 g/mol. The Kier molecular flexibility index (Phi) is 7.66. The van der Waals surface area contributed by atoms with Crippen molar-refractivity contribution < 1.29 is 9.53 Å². The molecule has 0 aliphatic rings. The van der Waals surface area contributed by atoms with Crippen molar-refractivity contribution in [2.24, 2.45) is 5.10 Å². The fourth-order valence-corrected chi connectivity index (χ4v) is 2.66. The van der Waals surface area contributed by atoms with Crippen LogP contribution in [0, 0.1) is 0 Å². The molecule has 0 aliphatic carbocycles. The van der Waals surface area contributed by atoms with E-state index in [9.17, 15) is 4.79 Å². The second kappa shape index (κ2) is 9.97. The Bertz CT molecular complexity index is 726. The van der Waals surface area contributed by atoms with Crippen LogP contribution < -0.4 is 15.1 Å². The fourth-order valence-electron chi connectivity index (χ4n) is 2.39. The molecule has 0 unspecified atom stereocenters. The monoisotopic (exact) mass is 417 g/mol. The molecule has 0 spiro atoms. The number of ether oxygens (including phenoxy) is 1. The predicted molar refractivity (Wildman–Crippen MR) is 110 cm³/mol. The van der Waals surface area contributed by atoms with Crippen LogP contribution in [0.1, 0.15) is 26.3 Å². The Balaban J connectivity index is 1.86. The number of nitrogens with zero attached hydrogens (tertiary/aromatic N) is 2. The number of halogens is 1. The highest BCUT2D eigenvalue weighted by molar-refractivity contribution is 9.10. The third-order valence-electron chi connectivity index (χ3n) is 3.91. The molecule has 0 fully saturated rings. The van der Waals surface area contributed by atoms with Gasteiger partial charge in [-0.05, 0) is 62.7 Å². The molecular formula is C20H24BrN3O2. The standard InChI is InChI=1S/C20H24BrN3O2/c1-4-24(5-2)18-10-6-16(7-11-18)14-22-23-20(25)15(3)26-19-12-8-17(21)9-13-19/h6-15H,4-5H2,1-3H3,(H,23,25)/t15-/m0/s1. The number of rotatable bonds is 8. The Morgan fingerprint density at radius 1 is 1.15 bits per heavy atom. The number of amides is 1. The number of benzene rings is 2. The smallest absolute Gasteiger partial charge is 0.280 e. The van der Waals surface area contributed by atoms with Crippen LogP contribution >= 0.6 is 15.9 Å². The Morgan fingerprint density at radius 2 is 1.77 bits per heavy atom. The van der Waals surface area contributed by atoms with Crippen LogP contribution in [-0.2, 0) is 4.79 Å². The minimum Gasteiger partial charge on any atom is -0.481 e. The van der Waals surface area contributed by atoms with Gasteiger partial charge in [0.15, 0.2) is 6.10 Å². The largest absolute Gasteiger partial charge is 0.481 e. The first-order valence-corrected chi connectivity index (χ1v) is 9.43. The molecule has 138 valence electrons. The second-order valence-electron chi connectivity index (χ2n) is 5.71. The van der Waals surface area contributed by atoms with E-state index in [1.54, 1.807) is 25.3 Å². The van der Waals surface area contributed by atoms with Crippen LogP contribution in [0.15, 0.2) is 58.1 Å². The van der Waals surface area contributed by atoms with Gasteiger partial charge in [0.2, 0.25) is 0 Å². The van der Waals surface area contributed by atoms with Gasteiger partial charge in [-0.2, -0.15) is 5.10 Å². The maximum Gasteiger partial charge on any atom is 0.280 e. The van der Waals surface area contributed by atoms with Crippen molar-refractivity contribution in [1.82, 2.24) is 5.43 Å². The molecule has 6 heteroatoms. The highest BCUT2D eigenvalue weighted by Gasteiger charge is 2.13. The van der Waals surface area contributed by atoms with Crippen molar-refractivity contribution >= 4 is 33.7 Å². The van der Waals surface area contributed by atoms with Crippen molar-refractivity contribution in [3.63, 3.8) is 0 Å². The molecule has 0 aromatic heterocycles. The average molecular weight is 418 g/mol. The maximum absolute atomic E-state index is 12.1. The average Bonchev–Trinajstić information content (AvgIpc) is 2.65. The minimum absolute atomic E-state index is 0.302. The molecule has 0 heterocycles. The van der Waals surface area contributed by atoms with Gasteiger partial charge in [-0.3, -0.25) is 4.79 Å². The Labute approximate surface area is 163 Å². The molecule has 0 bridgehead atoms. The van der Waals surface area contributed by atoms with E-state index in [-0.39, 0.29) is 5.91 Å². The van der Waals surface area contributed by atoms with Crippen molar-refractivity contribution in [2.75, 3.05) is 18.0 Å². The summed E-state index contributed by atoms with van der Waals surface area (Å²) in [5.74, 6) is 0.329. The van der Waals surface area contributed by atoms with Crippen LogP contribution in [-0.4, -0.2) is 31.3 Å². The minimum atomic E-state index is -0.640. The topological polar surface area (TPSA) is 53.9 Å². The summed E-state index contributed by atoms with van der Waals surface area (Å²) < 4.78 is 6.55. The number of carbonyl (C=O) groups excluding carboxylic acids is 1. The van der Waals surface area contributed by atoms with Crippen molar-refractivity contribution in [2.45, 2.75) is 26.9 Å². The SMILES string of the molecule is CCN(CC)c1ccc(C=NNC(=O)[C@H](C)Oc2ccc(Br)cc2)cc1. The fraction of sp³-hybridized carbons (Fsp3) is 0.300. The molecule has 2 aromatic rings. The van der Waals surface area contributed by atoms with E-state index in [2.05, 4.69) is 57.3 Å². The molecule has 1 atom stereocenters. The second-order valence-corrected chi connectivity index (χ2v) is 6.63. The summed E-state index contributed by atoms with van der Waals surface area (Å²) in [6.45, 7) is 7.89. The summed E-state index contributed by atoms with van der Waals surface area (Å²) >= 11 is 3.36. The van der Waals surface area contributed by atoms with Crippen molar-refractivity contribution in [3.05, 3.63) is 58.6 Å². The number of carbonyl (C=O) groups is 1.